The van der Waals surface area contributed by atoms with Crippen LogP contribution in [0.1, 0.15) is 32.1 Å². The molecule has 0 aromatic carbocycles. The zero-order valence-electron chi connectivity index (χ0n) is 8.04. The molecule has 0 unspecified atom stereocenters. The van der Waals surface area contributed by atoms with Crippen LogP contribution < -0.4 is 5.32 Å². The topological polar surface area (TPSA) is 34.4 Å². The van der Waals surface area contributed by atoms with Gasteiger partial charge in [0.15, 0.2) is 0 Å². The minimum absolute atomic E-state index is 0.0190. The molecule has 1 radical (unpaired) electrons. The third-order valence-electron chi connectivity index (χ3n) is 3.14. The largest absolute Gasteiger partial charge is 0.338 e. The van der Waals surface area contributed by atoms with Gasteiger partial charge in [0.25, 0.3) is 0 Å². The van der Waals surface area contributed by atoms with Crippen LogP contribution in [0.25, 0.3) is 0 Å². The normalized spacial score (nSPS) is 24.0. The first-order chi connectivity index (χ1) is 6.36. The number of hydrogen-bond donors (Lipinski definition) is 0. The van der Waals surface area contributed by atoms with Crippen molar-refractivity contribution in [1.29, 1.82) is 0 Å². The minimum Gasteiger partial charge on any atom is -0.323 e. The molecule has 1 saturated heterocycles. The van der Waals surface area contributed by atoms with Crippen molar-refractivity contribution in [1.82, 2.24) is 10.2 Å². The lowest BCUT2D eigenvalue weighted by molar-refractivity contribution is 0.173. The molecule has 1 heterocycles. The van der Waals surface area contributed by atoms with E-state index in [2.05, 4.69) is 5.32 Å². The molecule has 3 nitrogen and oxygen atoms in total. The second-order valence-corrected chi connectivity index (χ2v) is 4.09. The van der Waals surface area contributed by atoms with Crippen LogP contribution >= 0.6 is 0 Å². The van der Waals surface area contributed by atoms with Crippen molar-refractivity contribution >= 4 is 6.03 Å². The van der Waals surface area contributed by atoms with Crippen molar-refractivity contribution in [3.8, 4) is 0 Å². The summed E-state index contributed by atoms with van der Waals surface area (Å²) in [5.41, 5.74) is 0. The van der Waals surface area contributed by atoms with Gasteiger partial charge in [-0.3, -0.25) is 0 Å². The molecule has 2 amide bonds. The molecule has 0 aromatic heterocycles. The van der Waals surface area contributed by atoms with E-state index in [1.54, 1.807) is 0 Å². The van der Waals surface area contributed by atoms with Gasteiger partial charge in [0.2, 0.25) is 0 Å². The van der Waals surface area contributed by atoms with Gasteiger partial charge in [-0.05, 0) is 18.8 Å². The zero-order chi connectivity index (χ0) is 9.10. The molecule has 1 aliphatic heterocycles. The highest BCUT2D eigenvalue weighted by molar-refractivity contribution is 5.74. The lowest BCUT2D eigenvalue weighted by atomic mass is 9.83. The molecule has 3 heteroatoms. The van der Waals surface area contributed by atoms with Gasteiger partial charge in [0.1, 0.15) is 0 Å². The van der Waals surface area contributed by atoms with Gasteiger partial charge in [0, 0.05) is 19.6 Å². The number of rotatable bonds is 3. The third-order valence-corrected chi connectivity index (χ3v) is 3.14. The summed E-state index contributed by atoms with van der Waals surface area (Å²) >= 11 is 0. The first-order valence-corrected chi connectivity index (χ1v) is 5.32. The summed E-state index contributed by atoms with van der Waals surface area (Å²) in [7, 11) is 0. The Kier molecular flexibility index (Phi) is 2.71. The Morgan fingerprint density at radius 2 is 2.23 bits per heavy atom. The number of carbonyl (C=O) groups is 1. The summed E-state index contributed by atoms with van der Waals surface area (Å²) < 4.78 is 0. The fraction of sp³-hybridized carbons (Fsp3) is 0.900. The predicted molar refractivity (Wildman–Crippen MR) is 50.5 cm³/mol. The van der Waals surface area contributed by atoms with Gasteiger partial charge < -0.3 is 4.90 Å². The van der Waals surface area contributed by atoms with E-state index in [-0.39, 0.29) is 6.03 Å². The molecule has 0 atom stereocenters. The molecular weight excluding hydrogens is 164 g/mol. The second-order valence-electron chi connectivity index (χ2n) is 4.09. The second kappa shape index (κ2) is 3.99. The molecule has 2 aliphatic rings. The van der Waals surface area contributed by atoms with Crippen molar-refractivity contribution < 1.29 is 4.79 Å². The Hall–Kier alpha value is -0.730. The van der Waals surface area contributed by atoms with E-state index in [9.17, 15) is 4.79 Å². The number of carbonyl (C=O) groups excluding carboxylic acids is 1. The van der Waals surface area contributed by atoms with Crippen molar-refractivity contribution in [3.05, 3.63) is 0 Å². The van der Waals surface area contributed by atoms with Crippen molar-refractivity contribution in [3.63, 3.8) is 0 Å². The van der Waals surface area contributed by atoms with E-state index in [0.717, 1.165) is 32.0 Å². The van der Waals surface area contributed by atoms with Crippen LogP contribution in [0, 0.1) is 5.92 Å². The van der Waals surface area contributed by atoms with Crippen molar-refractivity contribution in [2.75, 3.05) is 19.6 Å². The smallest absolute Gasteiger partial charge is 0.323 e. The van der Waals surface area contributed by atoms with Crippen molar-refractivity contribution in [2.24, 2.45) is 5.92 Å². The number of nitrogens with zero attached hydrogens (tertiary/aromatic N) is 2. The predicted octanol–water partition coefficient (Wildman–Crippen LogP) is 1.61. The van der Waals surface area contributed by atoms with Gasteiger partial charge in [-0.25, -0.2) is 10.1 Å². The van der Waals surface area contributed by atoms with E-state index in [0.29, 0.717) is 0 Å². The summed E-state index contributed by atoms with van der Waals surface area (Å²) in [6.45, 7) is 2.60. The fourth-order valence-electron chi connectivity index (χ4n) is 1.96. The van der Waals surface area contributed by atoms with E-state index >= 15 is 0 Å². The van der Waals surface area contributed by atoms with Crippen LogP contribution in [0.3, 0.4) is 0 Å². The minimum atomic E-state index is 0.0190. The third kappa shape index (κ3) is 2.14. The lowest BCUT2D eigenvalue weighted by Crippen LogP contribution is -2.43. The standard InChI is InChI=1S/C10H17N2O/c13-10-11-6-2-7-12(10)8-5-9-3-1-4-9/h9H,1-8H2. The molecule has 0 spiro atoms. The highest BCUT2D eigenvalue weighted by Gasteiger charge is 2.22. The average molecular weight is 181 g/mol. The van der Waals surface area contributed by atoms with Gasteiger partial charge in [-0.2, -0.15) is 0 Å². The van der Waals surface area contributed by atoms with Crippen molar-refractivity contribution in [2.45, 2.75) is 32.1 Å². The maximum Gasteiger partial charge on any atom is 0.338 e. The number of amides is 2. The summed E-state index contributed by atoms with van der Waals surface area (Å²) in [6.07, 6.45) is 6.39. The maximum atomic E-state index is 11.3. The first-order valence-electron chi connectivity index (χ1n) is 5.32. The fourth-order valence-corrected chi connectivity index (χ4v) is 1.96. The van der Waals surface area contributed by atoms with Gasteiger partial charge in [-0.1, -0.05) is 19.3 Å². The molecule has 2 fully saturated rings. The molecule has 2 rings (SSSR count). The Morgan fingerprint density at radius 3 is 2.85 bits per heavy atom. The van der Waals surface area contributed by atoms with Crippen LogP contribution in [-0.2, 0) is 0 Å². The number of urea groups is 1. The summed E-state index contributed by atoms with van der Waals surface area (Å²) in [5.74, 6) is 0.898. The maximum absolute atomic E-state index is 11.3. The van der Waals surface area contributed by atoms with Crippen LogP contribution in [0.5, 0.6) is 0 Å². The van der Waals surface area contributed by atoms with E-state index in [1.165, 1.54) is 25.7 Å². The quantitative estimate of drug-likeness (QED) is 0.651. The summed E-state index contributed by atoms with van der Waals surface area (Å²) in [5, 5.41) is 3.92. The molecule has 73 valence electrons. The van der Waals surface area contributed by atoms with E-state index < -0.39 is 0 Å². The van der Waals surface area contributed by atoms with Gasteiger partial charge >= 0.3 is 6.03 Å². The molecule has 0 N–H and O–H groups in total. The SMILES string of the molecule is O=C1[N]CCCN1CCC1CCC1. The highest BCUT2D eigenvalue weighted by atomic mass is 16.2. The molecule has 1 aliphatic carbocycles. The van der Waals surface area contributed by atoms with Crippen LogP contribution in [-0.4, -0.2) is 30.6 Å². The Bertz CT molecular complexity index is 189. The molecule has 13 heavy (non-hydrogen) atoms. The number of hydrogen-bond acceptors (Lipinski definition) is 1. The van der Waals surface area contributed by atoms with E-state index in [1.807, 2.05) is 4.90 Å². The molecule has 0 bridgehead atoms. The van der Waals surface area contributed by atoms with Gasteiger partial charge in [-0.15, -0.1) is 0 Å². The first kappa shape index (κ1) is 8.85. The van der Waals surface area contributed by atoms with Crippen LogP contribution in [0.4, 0.5) is 4.79 Å². The zero-order valence-corrected chi connectivity index (χ0v) is 8.04. The average Bonchev–Trinajstić information content (AvgIpc) is 2.05. The lowest BCUT2D eigenvalue weighted by Gasteiger charge is -2.30. The Morgan fingerprint density at radius 1 is 1.38 bits per heavy atom. The monoisotopic (exact) mass is 181 g/mol. The Labute approximate surface area is 79.5 Å². The molecule has 0 aromatic rings. The van der Waals surface area contributed by atoms with Crippen LogP contribution in [0.15, 0.2) is 0 Å². The van der Waals surface area contributed by atoms with Gasteiger partial charge in [0.05, 0.1) is 0 Å². The molecule has 1 saturated carbocycles. The van der Waals surface area contributed by atoms with Crippen LogP contribution in [0.2, 0.25) is 0 Å². The molecular formula is C10H17N2O. The summed E-state index contributed by atoms with van der Waals surface area (Å²) in [4.78, 5) is 13.2. The highest BCUT2D eigenvalue weighted by Crippen LogP contribution is 2.29. The Balaban J connectivity index is 1.69. The van der Waals surface area contributed by atoms with E-state index in [4.69, 9.17) is 0 Å². The summed E-state index contributed by atoms with van der Waals surface area (Å²) in [6, 6.07) is 0.0190.